The lowest BCUT2D eigenvalue weighted by Gasteiger charge is -2.20. The third-order valence-corrected chi connectivity index (χ3v) is 3.29. The maximum atomic E-state index is 12.7. The highest BCUT2D eigenvalue weighted by atomic mass is 32.2. The van der Waals surface area contributed by atoms with E-state index in [2.05, 4.69) is 0 Å². The summed E-state index contributed by atoms with van der Waals surface area (Å²) >= 11 is 1.48. The summed E-state index contributed by atoms with van der Waals surface area (Å²) in [4.78, 5) is 2.42. The van der Waals surface area contributed by atoms with Crippen molar-refractivity contribution in [1.29, 1.82) is 0 Å². The molecule has 0 unspecified atom stereocenters. The summed E-state index contributed by atoms with van der Waals surface area (Å²) in [5.41, 5.74) is 0. The van der Waals surface area contributed by atoms with E-state index in [9.17, 15) is 13.2 Å². The van der Waals surface area contributed by atoms with E-state index in [0.29, 0.717) is 12.3 Å². The van der Waals surface area contributed by atoms with Crippen molar-refractivity contribution in [2.45, 2.75) is 11.3 Å². The molecule has 0 heterocycles. The number of halogens is 3. The Bertz CT molecular complexity index is 335. The van der Waals surface area contributed by atoms with Gasteiger partial charge in [-0.1, -0.05) is 0 Å². The number of alkyl halides is 2. The van der Waals surface area contributed by atoms with Gasteiger partial charge in [0.25, 0.3) is 6.43 Å². The number of aliphatic hydroxyl groups is 1. The molecule has 6 heteroatoms. The maximum absolute atomic E-state index is 12.7. The molecule has 0 bridgehead atoms. The van der Waals surface area contributed by atoms with Gasteiger partial charge in [-0.05, 0) is 24.3 Å². The van der Waals surface area contributed by atoms with E-state index in [1.807, 2.05) is 0 Å². The Kier molecular flexibility index (Phi) is 7.15. The van der Waals surface area contributed by atoms with E-state index in [-0.39, 0.29) is 25.5 Å². The molecular formula is C12H16F3NOS. The minimum absolute atomic E-state index is 0.131. The van der Waals surface area contributed by atoms with E-state index in [0.717, 1.165) is 4.90 Å². The van der Waals surface area contributed by atoms with E-state index in [4.69, 9.17) is 5.11 Å². The Labute approximate surface area is 109 Å². The zero-order valence-corrected chi connectivity index (χ0v) is 10.7. The predicted molar refractivity (Wildman–Crippen MR) is 66.7 cm³/mol. The smallest absolute Gasteiger partial charge is 0.251 e. The molecule has 1 N–H and O–H groups in total. The molecule has 0 amide bonds. The lowest BCUT2D eigenvalue weighted by molar-refractivity contribution is 0.0818. The van der Waals surface area contributed by atoms with Crippen LogP contribution in [-0.2, 0) is 0 Å². The molecule has 0 aromatic heterocycles. The first kappa shape index (κ1) is 15.3. The third-order valence-electron chi connectivity index (χ3n) is 2.30. The zero-order valence-electron chi connectivity index (χ0n) is 9.86. The number of hydrogen-bond donors (Lipinski definition) is 1. The van der Waals surface area contributed by atoms with Crippen LogP contribution in [0.3, 0.4) is 0 Å². The van der Waals surface area contributed by atoms with Gasteiger partial charge in [-0.15, -0.1) is 11.8 Å². The standard InChI is InChI=1S/C12H16F3NOS/c13-10-1-3-11(4-2-10)18-8-6-16(5-7-17)9-12(14)15/h1-4,12,17H,5-9H2. The van der Waals surface area contributed by atoms with Crippen LogP contribution in [0.25, 0.3) is 0 Å². The Balaban J connectivity index is 2.31. The second-order valence-corrected chi connectivity index (χ2v) is 4.89. The molecule has 1 rings (SSSR count). The maximum Gasteiger partial charge on any atom is 0.251 e. The number of rotatable bonds is 8. The molecule has 0 saturated carbocycles. The second-order valence-electron chi connectivity index (χ2n) is 3.72. The summed E-state index contributed by atoms with van der Waals surface area (Å²) in [6.07, 6.45) is -2.40. The van der Waals surface area contributed by atoms with E-state index >= 15 is 0 Å². The number of benzene rings is 1. The largest absolute Gasteiger partial charge is 0.395 e. The SMILES string of the molecule is OCCN(CCSc1ccc(F)cc1)CC(F)F. The van der Waals surface area contributed by atoms with Gasteiger partial charge in [0, 0.05) is 23.7 Å². The Morgan fingerprint density at radius 2 is 1.83 bits per heavy atom. The molecule has 0 radical (unpaired) electrons. The quantitative estimate of drug-likeness (QED) is 0.740. The van der Waals surface area contributed by atoms with Crippen LogP contribution in [0.4, 0.5) is 13.2 Å². The first-order valence-corrected chi connectivity index (χ1v) is 6.60. The van der Waals surface area contributed by atoms with Crippen molar-refractivity contribution in [3.05, 3.63) is 30.1 Å². The number of thioether (sulfide) groups is 1. The van der Waals surface area contributed by atoms with Crippen molar-refractivity contribution in [1.82, 2.24) is 4.90 Å². The Morgan fingerprint density at radius 3 is 2.39 bits per heavy atom. The van der Waals surface area contributed by atoms with Gasteiger partial charge >= 0.3 is 0 Å². The third kappa shape index (κ3) is 6.28. The van der Waals surface area contributed by atoms with Gasteiger partial charge in [-0.25, -0.2) is 13.2 Å². The molecule has 0 spiro atoms. The van der Waals surface area contributed by atoms with Crippen LogP contribution in [-0.4, -0.2) is 48.4 Å². The summed E-state index contributed by atoms with van der Waals surface area (Å²) < 4.78 is 37.1. The van der Waals surface area contributed by atoms with Crippen molar-refractivity contribution in [2.24, 2.45) is 0 Å². The van der Waals surface area contributed by atoms with Gasteiger partial charge in [0.05, 0.1) is 13.2 Å². The first-order chi connectivity index (χ1) is 8.61. The summed E-state index contributed by atoms with van der Waals surface area (Å²) in [6.45, 7) is 0.250. The second kappa shape index (κ2) is 8.39. The Hall–Kier alpha value is -0.720. The number of aliphatic hydroxyl groups excluding tert-OH is 1. The highest BCUT2D eigenvalue weighted by Gasteiger charge is 2.11. The first-order valence-electron chi connectivity index (χ1n) is 5.61. The van der Waals surface area contributed by atoms with Crippen molar-refractivity contribution in [2.75, 3.05) is 32.0 Å². The van der Waals surface area contributed by atoms with Crippen LogP contribution in [0.2, 0.25) is 0 Å². The van der Waals surface area contributed by atoms with Crippen molar-refractivity contribution in [3.8, 4) is 0 Å². The number of hydrogen-bond acceptors (Lipinski definition) is 3. The van der Waals surface area contributed by atoms with Crippen LogP contribution < -0.4 is 0 Å². The molecule has 1 aromatic carbocycles. The lowest BCUT2D eigenvalue weighted by Crippen LogP contribution is -2.33. The average molecular weight is 279 g/mol. The monoisotopic (exact) mass is 279 g/mol. The molecule has 0 aliphatic carbocycles. The predicted octanol–water partition coefficient (Wildman–Crippen LogP) is 2.48. The Morgan fingerprint density at radius 1 is 1.17 bits per heavy atom. The molecule has 2 nitrogen and oxygen atoms in total. The molecule has 18 heavy (non-hydrogen) atoms. The molecule has 0 aliphatic rings. The molecule has 0 atom stereocenters. The molecule has 102 valence electrons. The van der Waals surface area contributed by atoms with E-state index in [1.54, 1.807) is 12.1 Å². The van der Waals surface area contributed by atoms with Crippen LogP contribution in [0.1, 0.15) is 0 Å². The van der Waals surface area contributed by atoms with Gasteiger partial charge in [0.2, 0.25) is 0 Å². The van der Waals surface area contributed by atoms with Crippen LogP contribution in [0.15, 0.2) is 29.2 Å². The number of nitrogens with zero attached hydrogens (tertiary/aromatic N) is 1. The van der Waals surface area contributed by atoms with Gasteiger partial charge < -0.3 is 5.11 Å². The van der Waals surface area contributed by atoms with Crippen LogP contribution in [0.5, 0.6) is 0 Å². The van der Waals surface area contributed by atoms with Crippen molar-refractivity contribution >= 4 is 11.8 Å². The molecule has 1 aromatic rings. The lowest BCUT2D eigenvalue weighted by atomic mass is 10.4. The van der Waals surface area contributed by atoms with E-state index < -0.39 is 6.43 Å². The van der Waals surface area contributed by atoms with E-state index in [1.165, 1.54) is 28.8 Å². The highest BCUT2D eigenvalue weighted by molar-refractivity contribution is 7.99. The zero-order chi connectivity index (χ0) is 13.4. The fraction of sp³-hybridized carbons (Fsp3) is 0.500. The van der Waals surface area contributed by atoms with Gasteiger partial charge in [-0.3, -0.25) is 4.90 Å². The average Bonchev–Trinajstić information content (AvgIpc) is 2.31. The fourth-order valence-electron chi connectivity index (χ4n) is 1.45. The summed E-state index contributed by atoms with van der Waals surface area (Å²) in [5, 5.41) is 8.76. The fourth-order valence-corrected chi connectivity index (χ4v) is 2.37. The summed E-state index contributed by atoms with van der Waals surface area (Å²) in [6, 6.07) is 6.05. The van der Waals surface area contributed by atoms with Gasteiger partial charge in [-0.2, -0.15) is 0 Å². The molecular weight excluding hydrogens is 263 g/mol. The van der Waals surface area contributed by atoms with Crippen molar-refractivity contribution < 1.29 is 18.3 Å². The minimum atomic E-state index is -2.40. The van der Waals surface area contributed by atoms with Gasteiger partial charge in [0.15, 0.2) is 0 Å². The van der Waals surface area contributed by atoms with Crippen molar-refractivity contribution in [3.63, 3.8) is 0 Å². The van der Waals surface area contributed by atoms with Crippen LogP contribution in [0, 0.1) is 5.82 Å². The van der Waals surface area contributed by atoms with Crippen LogP contribution >= 0.6 is 11.8 Å². The van der Waals surface area contributed by atoms with Gasteiger partial charge in [0.1, 0.15) is 5.82 Å². The molecule has 0 aliphatic heterocycles. The molecule has 0 fully saturated rings. The topological polar surface area (TPSA) is 23.5 Å². The summed E-state index contributed by atoms with van der Waals surface area (Å²) in [5.74, 6) is 0.331. The highest BCUT2D eigenvalue weighted by Crippen LogP contribution is 2.18. The minimum Gasteiger partial charge on any atom is -0.395 e. The molecule has 0 saturated heterocycles. The normalized spacial score (nSPS) is 11.4. The summed E-state index contributed by atoms with van der Waals surface area (Å²) in [7, 11) is 0.